The minimum Gasteiger partial charge on any atom is -0.610 e. The molecular formula is C73H101N17O23S. The number of nitrogens with zero attached hydrogens (tertiary/aromatic N) is 4. The van der Waals surface area contributed by atoms with Crippen LogP contribution in [0.3, 0.4) is 0 Å². The van der Waals surface area contributed by atoms with Crippen molar-refractivity contribution >= 4 is 129 Å². The van der Waals surface area contributed by atoms with E-state index in [1.807, 2.05) is 0 Å². The topological polar surface area (TPSA) is 579 Å². The number of carbonyl (C=O) groups excluding carboxylic acids is 16. The van der Waals surface area contributed by atoms with Gasteiger partial charge in [-0.2, -0.15) is 0 Å². The van der Waals surface area contributed by atoms with Crippen LogP contribution < -0.4 is 64.2 Å². The summed E-state index contributed by atoms with van der Waals surface area (Å²) < 4.78 is 26.3. The molecule has 1 fully saturated rings. The van der Waals surface area contributed by atoms with Gasteiger partial charge < -0.3 is 113 Å². The lowest BCUT2D eigenvalue weighted by atomic mass is 9.93. The molecule has 5 heterocycles. The molecule has 0 aliphatic carbocycles. The van der Waals surface area contributed by atoms with E-state index >= 15 is 4.79 Å². The number of carbonyl (C=O) groups is 17. The third-order valence-electron chi connectivity index (χ3n) is 19.7. The van der Waals surface area contributed by atoms with Crippen LogP contribution in [0.1, 0.15) is 104 Å². The number of hydrogen-bond acceptors (Lipinski definition) is 22. The number of aliphatic hydroxyl groups is 2. The number of H-pyrrole nitrogens is 1. The van der Waals surface area contributed by atoms with Gasteiger partial charge in [0.05, 0.1) is 38.8 Å². The van der Waals surface area contributed by atoms with Crippen LogP contribution in [0.2, 0.25) is 0 Å². The number of carboxylic acids is 1. The number of fused-ring (bicyclic) bond motifs is 5. The van der Waals surface area contributed by atoms with Gasteiger partial charge in [0.25, 0.3) is 11.8 Å². The number of nitrogens with two attached hydrogens (primary N) is 1. The first-order chi connectivity index (χ1) is 54.1. The average Bonchev–Trinajstić information content (AvgIpc) is 1.63. The van der Waals surface area contributed by atoms with Crippen LogP contribution in [0.25, 0.3) is 10.9 Å². The largest absolute Gasteiger partial charge is 0.610 e. The maximum Gasteiger partial charge on any atom is 0.409 e. The van der Waals surface area contributed by atoms with E-state index in [0.29, 0.717) is 42.1 Å². The van der Waals surface area contributed by atoms with Crippen molar-refractivity contribution in [2.75, 3.05) is 77.6 Å². The Labute approximate surface area is 658 Å². The van der Waals surface area contributed by atoms with Gasteiger partial charge in [0.15, 0.2) is 6.04 Å². The Morgan fingerprint density at radius 2 is 1.39 bits per heavy atom. The second-order valence-electron chi connectivity index (χ2n) is 28.6. The summed E-state index contributed by atoms with van der Waals surface area (Å²) in [5.74, 6) is -16.4. The molecule has 4 aliphatic rings. The van der Waals surface area contributed by atoms with Gasteiger partial charge in [0.1, 0.15) is 60.8 Å². The lowest BCUT2D eigenvalue weighted by Gasteiger charge is -2.32. The number of urea groups is 1. The molecule has 2 unspecified atom stereocenters. The standard InChI is InChI=1S/C73H101N17O23S/c1-8-39(4)60-66(104)77-32-54(94)79-50-37-114(111)69-45(44-15-11-12-16-46(44)83-69)30-48(62(100)76-33-55(95)85-60)81-68(106)61(40(5)52(92)35-91)86-65(103)51-29-43(34-90(51)70(107)49(31-58(98)99)82-64(50)102)113-73(110)88(7)28-27-87(6)72(109)112-36-41-19-21-42(22-20-41)78-63(101)47(17-14-25-75-71(74)108)80-67(105)59(38(2)3)84-53(93)18-10-9-13-26-89-56(96)23-24-57(89)97/h11-12,15-16,19-24,38-40,43,47-52,59-61,83,91-92H,8-10,13-14,17-18,25-37H2,1-7H3,(H,76,100)(H,77,104)(H,78,101)(H,79,94)(H,80,105)(H,81,106)(H,82,102)(H,84,93)(H,85,95)(H,86,103)(H,98,99)(H3,74,75,108)/t39-,40-,43-,47+,48+,49-,50-,51?,52-,59-,60+,61+,114?/m0/s1. The number of aromatic amines is 1. The Kier molecular flexibility index (Phi) is 33.4. The molecule has 2 aromatic carbocycles. The Bertz CT molecular complexity index is 4070. The first kappa shape index (κ1) is 89.7. The molecule has 3 aromatic rings. The number of amides is 17. The van der Waals surface area contributed by atoms with E-state index in [9.17, 15) is 96.6 Å². The minimum absolute atomic E-state index is 0.0272. The molecule has 1 aromatic heterocycles. The van der Waals surface area contributed by atoms with Crippen LogP contribution in [0.4, 0.5) is 20.1 Å². The van der Waals surface area contributed by atoms with E-state index in [1.54, 1.807) is 52.0 Å². The number of aromatic nitrogens is 1. The third-order valence-corrected chi connectivity index (χ3v) is 21.2. The van der Waals surface area contributed by atoms with Crippen molar-refractivity contribution in [1.29, 1.82) is 0 Å². The fourth-order valence-corrected chi connectivity index (χ4v) is 14.2. The maximum absolute atomic E-state index is 15.1. The van der Waals surface area contributed by atoms with Crippen molar-refractivity contribution in [3.8, 4) is 0 Å². The van der Waals surface area contributed by atoms with Crippen molar-refractivity contribution in [1.82, 2.24) is 77.8 Å². The Morgan fingerprint density at radius 1 is 0.737 bits per heavy atom. The van der Waals surface area contributed by atoms with E-state index in [0.717, 1.165) is 19.6 Å². The lowest BCUT2D eigenvalue weighted by molar-refractivity contribution is -0.146. The van der Waals surface area contributed by atoms with Crippen LogP contribution in [0.5, 0.6) is 0 Å². The van der Waals surface area contributed by atoms with Crippen LogP contribution in [-0.2, 0) is 101 Å². The Morgan fingerprint density at radius 3 is 2.04 bits per heavy atom. The third kappa shape index (κ3) is 25.5. The predicted octanol–water partition coefficient (Wildman–Crippen LogP) is -3.18. The summed E-state index contributed by atoms with van der Waals surface area (Å²) in [6, 6.07) is -1.48. The van der Waals surface area contributed by atoms with E-state index in [-0.39, 0.29) is 68.3 Å². The number of likely N-dealkylation sites (N-methyl/N-ethyl adjacent to an activating group) is 2. The summed E-state index contributed by atoms with van der Waals surface area (Å²) in [7, 11) is 2.64. The molecule has 13 atom stereocenters. The zero-order valence-corrected chi connectivity index (χ0v) is 65.0. The Hall–Kier alpha value is -11.5. The molecule has 17 N–H and O–H groups in total. The number of benzene rings is 2. The highest BCUT2D eigenvalue weighted by atomic mass is 32.2. The second-order valence-corrected chi connectivity index (χ2v) is 30.0. The van der Waals surface area contributed by atoms with E-state index in [1.165, 1.54) is 57.4 Å². The number of imide groups is 1. The van der Waals surface area contributed by atoms with Crippen molar-refractivity contribution in [3.63, 3.8) is 0 Å². The number of carboxylic acid groups (broad SMARTS) is 1. The summed E-state index contributed by atoms with van der Waals surface area (Å²) in [5.41, 5.74) is 6.37. The van der Waals surface area contributed by atoms with E-state index < -0.39 is 242 Å². The van der Waals surface area contributed by atoms with Gasteiger partial charge in [-0.1, -0.05) is 77.8 Å². The number of para-hydroxylation sites is 1. The number of rotatable bonds is 29. The molecule has 41 heteroatoms. The molecule has 0 saturated carbocycles. The van der Waals surface area contributed by atoms with Gasteiger partial charge >= 0.3 is 24.2 Å². The summed E-state index contributed by atoms with van der Waals surface area (Å²) in [5, 5.41) is 59.5. The number of aliphatic carboxylic acids is 1. The first-order valence-electron chi connectivity index (χ1n) is 37.3. The second kappa shape index (κ2) is 42.4. The highest BCUT2D eigenvalue weighted by Gasteiger charge is 2.48. The molecule has 2 bridgehead atoms. The molecule has 0 spiro atoms. The average molecular weight is 1620 g/mol. The molecule has 4 aliphatic heterocycles. The van der Waals surface area contributed by atoms with Crippen LogP contribution >= 0.6 is 0 Å². The molecule has 1 saturated heterocycles. The summed E-state index contributed by atoms with van der Waals surface area (Å²) in [6.07, 6.45) is -3.17. The van der Waals surface area contributed by atoms with Gasteiger partial charge in [-0.15, -0.1) is 0 Å². The number of primary amides is 1. The lowest BCUT2D eigenvalue weighted by Crippen LogP contribution is -2.62. The highest BCUT2D eigenvalue weighted by molar-refractivity contribution is 7.91. The summed E-state index contributed by atoms with van der Waals surface area (Å²) >= 11 is -2.44. The quantitative estimate of drug-likeness (QED) is 0.0185. The van der Waals surface area contributed by atoms with Gasteiger partial charge in [-0.05, 0) is 61.3 Å². The normalized spacial score (nSPS) is 22.0. The first-order valence-corrected chi connectivity index (χ1v) is 38.6. The number of hydrogen-bond donors (Lipinski definition) is 16. The summed E-state index contributed by atoms with van der Waals surface area (Å²) in [4.78, 5) is 238. The molecule has 17 amide bonds. The zero-order chi connectivity index (χ0) is 83.8. The van der Waals surface area contributed by atoms with E-state index in [4.69, 9.17) is 15.2 Å². The molecule has 622 valence electrons. The number of unbranched alkanes of at least 4 members (excludes halogenated alkanes) is 2. The molecule has 40 nitrogen and oxygen atoms in total. The van der Waals surface area contributed by atoms with Gasteiger partial charge in [0, 0.05) is 111 Å². The smallest absolute Gasteiger partial charge is 0.409 e. The molecular weight excluding hydrogens is 1510 g/mol. The van der Waals surface area contributed by atoms with Crippen LogP contribution in [0, 0.1) is 17.8 Å². The van der Waals surface area contributed by atoms with Crippen molar-refractivity contribution in [3.05, 3.63) is 71.8 Å². The van der Waals surface area contributed by atoms with Crippen molar-refractivity contribution in [2.24, 2.45) is 23.5 Å². The monoisotopic (exact) mass is 1620 g/mol. The van der Waals surface area contributed by atoms with Gasteiger partial charge in [-0.25, -0.2) is 14.4 Å². The minimum atomic E-state index is -2.44. The van der Waals surface area contributed by atoms with Gasteiger partial charge in [-0.3, -0.25) is 72.0 Å². The predicted molar refractivity (Wildman–Crippen MR) is 404 cm³/mol. The Balaban J connectivity index is 1.04. The fraction of sp³-hybridized carbons (Fsp3) is 0.548. The zero-order valence-electron chi connectivity index (χ0n) is 64.2. The summed E-state index contributed by atoms with van der Waals surface area (Å²) in [6.45, 7) is 4.21. The number of aliphatic hydroxyl groups excluding tert-OH is 2. The molecule has 114 heavy (non-hydrogen) atoms. The maximum atomic E-state index is 15.1. The van der Waals surface area contributed by atoms with Gasteiger partial charge in [0.2, 0.25) is 70.0 Å². The van der Waals surface area contributed by atoms with Crippen molar-refractivity contribution in [2.45, 2.75) is 171 Å². The number of anilines is 1. The number of nitrogens with one attached hydrogen (secondary N) is 12. The van der Waals surface area contributed by atoms with Crippen LogP contribution in [-0.4, -0.2) is 278 Å². The molecule has 0 radical (unpaired) electrons. The number of ether oxygens (including phenoxy) is 2. The van der Waals surface area contributed by atoms with E-state index in [2.05, 4.69) is 63.5 Å². The SMILES string of the molecule is CC[C@H](C)[C@H]1NC(=O)CNC(=O)[C@H]2Cc3c([nH]c4ccccc34)[S+]([O-])C[C@H](NC(=O)CNC1=O)C(=O)N[C@@H](CC(=O)O)C(=O)N1C[C@@H](OC(=O)N(C)CCN(C)C(=O)OCc3ccc(NC(=O)[C@@H](CCCNC(N)=O)NC(=O)[C@@H](NC(=O)CCCCCN4C(=O)C=CC4=O)C(C)C)cc3)CC1C(=O)N[C@H]([C@@H](C)[C@@H](O)CO)C(=O)N2. The highest BCUT2D eigenvalue weighted by Crippen LogP contribution is 2.30. The molecule has 7 rings (SSSR count). The fourth-order valence-electron chi connectivity index (χ4n) is 12.8. The van der Waals surface area contributed by atoms with Crippen molar-refractivity contribution < 1.29 is 111 Å². The van der Waals surface area contributed by atoms with Crippen LogP contribution in [0.15, 0.2) is 65.7 Å².